The molecule has 104 valence electrons. The van der Waals surface area contributed by atoms with Crippen LogP contribution in [0.2, 0.25) is 0 Å². The van der Waals surface area contributed by atoms with Gasteiger partial charge >= 0.3 is 0 Å². The predicted molar refractivity (Wildman–Crippen MR) is 72.0 cm³/mol. The fourth-order valence-corrected chi connectivity index (χ4v) is 1.97. The lowest BCUT2D eigenvalue weighted by molar-refractivity contribution is 0.380. The molecule has 6 heteroatoms. The highest BCUT2D eigenvalue weighted by molar-refractivity contribution is 7.86. The minimum absolute atomic E-state index is 0.0177. The summed E-state index contributed by atoms with van der Waals surface area (Å²) in [4.78, 5) is -0.326. The lowest BCUT2D eigenvalue weighted by atomic mass is 10.2. The molecule has 0 bridgehead atoms. The fourth-order valence-electron chi connectivity index (χ4n) is 1.38. The van der Waals surface area contributed by atoms with Gasteiger partial charge in [-0.1, -0.05) is 12.7 Å². The van der Waals surface area contributed by atoms with Crippen molar-refractivity contribution in [2.24, 2.45) is 0 Å². The van der Waals surface area contributed by atoms with Crippen molar-refractivity contribution in [2.75, 3.05) is 7.11 Å². The van der Waals surface area contributed by atoms with E-state index in [2.05, 4.69) is 13.2 Å². The van der Waals surface area contributed by atoms with Gasteiger partial charge in [-0.2, -0.15) is 8.42 Å². The summed E-state index contributed by atoms with van der Waals surface area (Å²) in [6.07, 6.45) is 2.86. The van der Waals surface area contributed by atoms with Crippen molar-refractivity contribution in [3.05, 3.63) is 43.2 Å². The van der Waals surface area contributed by atoms with E-state index in [0.29, 0.717) is 24.4 Å². The average Bonchev–Trinajstić information content (AvgIpc) is 2.34. The van der Waals surface area contributed by atoms with Gasteiger partial charge < -0.3 is 9.47 Å². The molecule has 0 amide bonds. The van der Waals surface area contributed by atoms with Gasteiger partial charge in [-0.15, -0.1) is 6.58 Å². The lowest BCUT2D eigenvalue weighted by Crippen LogP contribution is -2.04. The zero-order chi connectivity index (χ0) is 14.5. The Bertz CT molecular complexity index is 575. The van der Waals surface area contributed by atoms with E-state index in [1.54, 1.807) is 6.08 Å². The molecular formula is C13H16O5S. The second-order valence-corrected chi connectivity index (χ2v) is 5.15. The predicted octanol–water partition coefficient (Wildman–Crippen LogP) is 2.80. The molecular weight excluding hydrogens is 268 g/mol. The summed E-state index contributed by atoms with van der Waals surface area (Å²) in [6, 6.07) is 4.01. The standard InChI is InChI=1S/C13H16O5S/c1-4-5-6-10(2)18-12-9-11(17-3)7-8-13(12)19(14,15)16/h4,7-9H,1-2,5-6H2,3H3,(H,14,15,16). The molecule has 0 spiro atoms. The van der Waals surface area contributed by atoms with Crippen LogP contribution >= 0.6 is 0 Å². The van der Waals surface area contributed by atoms with Gasteiger partial charge in [0.25, 0.3) is 10.1 Å². The zero-order valence-corrected chi connectivity index (χ0v) is 11.4. The number of hydrogen-bond acceptors (Lipinski definition) is 4. The first kappa shape index (κ1) is 15.3. The first-order chi connectivity index (χ1) is 8.88. The number of hydrogen-bond donors (Lipinski definition) is 1. The Kier molecular flexibility index (Phi) is 5.14. The molecule has 5 nitrogen and oxygen atoms in total. The molecule has 1 rings (SSSR count). The van der Waals surface area contributed by atoms with Gasteiger partial charge in [-0.3, -0.25) is 4.55 Å². The Morgan fingerprint density at radius 1 is 1.47 bits per heavy atom. The minimum atomic E-state index is -4.37. The van der Waals surface area contributed by atoms with Crippen molar-refractivity contribution < 1.29 is 22.4 Å². The van der Waals surface area contributed by atoms with E-state index in [4.69, 9.17) is 14.0 Å². The fraction of sp³-hybridized carbons (Fsp3) is 0.231. The summed E-state index contributed by atoms with van der Waals surface area (Å²) in [5.74, 6) is 0.771. The molecule has 0 aliphatic rings. The molecule has 1 aromatic rings. The highest BCUT2D eigenvalue weighted by Crippen LogP contribution is 2.30. The third kappa shape index (κ3) is 4.42. The topological polar surface area (TPSA) is 72.8 Å². The Morgan fingerprint density at radius 3 is 2.68 bits per heavy atom. The largest absolute Gasteiger partial charge is 0.497 e. The van der Waals surface area contributed by atoms with Gasteiger partial charge in [0.2, 0.25) is 0 Å². The number of benzene rings is 1. The molecule has 19 heavy (non-hydrogen) atoms. The van der Waals surface area contributed by atoms with Gasteiger partial charge in [0.15, 0.2) is 5.75 Å². The quantitative estimate of drug-likeness (QED) is 0.473. The molecule has 0 saturated heterocycles. The average molecular weight is 284 g/mol. The van der Waals surface area contributed by atoms with Gasteiger partial charge in [0, 0.05) is 12.5 Å². The van der Waals surface area contributed by atoms with Crippen molar-refractivity contribution >= 4 is 10.1 Å². The van der Waals surface area contributed by atoms with Crippen LogP contribution in [0.15, 0.2) is 48.1 Å². The Balaban J connectivity index is 3.08. The molecule has 1 aromatic carbocycles. The normalized spacial score (nSPS) is 10.8. The number of rotatable bonds is 7. The lowest BCUT2D eigenvalue weighted by Gasteiger charge is -2.12. The maximum absolute atomic E-state index is 11.2. The SMILES string of the molecule is C=CCCC(=C)Oc1cc(OC)ccc1S(=O)(=O)O. The summed E-state index contributed by atoms with van der Waals surface area (Å²) in [5, 5.41) is 0. The molecule has 0 heterocycles. The summed E-state index contributed by atoms with van der Waals surface area (Å²) in [7, 11) is -2.92. The molecule has 0 aromatic heterocycles. The Morgan fingerprint density at radius 2 is 2.16 bits per heavy atom. The van der Waals surface area contributed by atoms with Crippen molar-refractivity contribution in [1.82, 2.24) is 0 Å². The molecule has 0 radical (unpaired) electrons. The van der Waals surface area contributed by atoms with E-state index in [1.165, 1.54) is 25.3 Å². The molecule has 0 aliphatic heterocycles. The van der Waals surface area contributed by atoms with Crippen LogP contribution in [0.25, 0.3) is 0 Å². The number of allylic oxidation sites excluding steroid dienone is 2. The van der Waals surface area contributed by atoms with Gasteiger partial charge in [-0.25, -0.2) is 0 Å². The van der Waals surface area contributed by atoms with Crippen molar-refractivity contribution in [2.45, 2.75) is 17.7 Å². The molecule has 0 atom stereocenters. The van der Waals surface area contributed by atoms with E-state index >= 15 is 0 Å². The summed E-state index contributed by atoms with van der Waals surface area (Å²) < 4.78 is 41.9. The number of ether oxygens (including phenoxy) is 2. The smallest absolute Gasteiger partial charge is 0.298 e. The van der Waals surface area contributed by atoms with Crippen LogP contribution in [0.1, 0.15) is 12.8 Å². The van der Waals surface area contributed by atoms with Crippen LogP contribution in [-0.4, -0.2) is 20.1 Å². The van der Waals surface area contributed by atoms with E-state index in [-0.39, 0.29) is 10.6 Å². The monoisotopic (exact) mass is 284 g/mol. The summed E-state index contributed by atoms with van der Waals surface area (Å²) in [6.45, 7) is 7.25. The van der Waals surface area contributed by atoms with Crippen molar-refractivity contribution in [3.63, 3.8) is 0 Å². The highest BCUT2D eigenvalue weighted by atomic mass is 32.2. The van der Waals surface area contributed by atoms with Crippen LogP contribution in [0, 0.1) is 0 Å². The van der Waals surface area contributed by atoms with Gasteiger partial charge in [0.05, 0.1) is 12.9 Å². The maximum Gasteiger partial charge on any atom is 0.298 e. The molecule has 0 saturated carbocycles. The molecule has 1 N–H and O–H groups in total. The number of methoxy groups -OCH3 is 1. The van der Waals surface area contributed by atoms with Crippen LogP contribution in [0.5, 0.6) is 11.5 Å². The van der Waals surface area contributed by atoms with Crippen molar-refractivity contribution in [1.29, 1.82) is 0 Å². The van der Waals surface area contributed by atoms with E-state index < -0.39 is 10.1 Å². The first-order valence-electron chi connectivity index (χ1n) is 5.50. The molecule has 0 unspecified atom stereocenters. The molecule has 0 fully saturated rings. The molecule has 0 aliphatic carbocycles. The van der Waals surface area contributed by atoms with E-state index in [0.717, 1.165) is 0 Å². The zero-order valence-electron chi connectivity index (χ0n) is 10.6. The third-order valence-electron chi connectivity index (χ3n) is 2.31. The maximum atomic E-state index is 11.2. The first-order valence-corrected chi connectivity index (χ1v) is 6.94. The Hall–Kier alpha value is -1.79. The van der Waals surface area contributed by atoms with Crippen LogP contribution in [-0.2, 0) is 10.1 Å². The van der Waals surface area contributed by atoms with E-state index in [1.807, 2.05) is 0 Å². The van der Waals surface area contributed by atoms with Crippen LogP contribution in [0.3, 0.4) is 0 Å². The van der Waals surface area contributed by atoms with Crippen LogP contribution < -0.4 is 9.47 Å². The highest BCUT2D eigenvalue weighted by Gasteiger charge is 2.18. The summed E-state index contributed by atoms with van der Waals surface area (Å²) in [5.41, 5.74) is 0. The third-order valence-corrected chi connectivity index (χ3v) is 3.20. The van der Waals surface area contributed by atoms with Crippen LogP contribution in [0.4, 0.5) is 0 Å². The minimum Gasteiger partial charge on any atom is -0.497 e. The Labute approximate surface area is 112 Å². The second kappa shape index (κ2) is 6.40. The van der Waals surface area contributed by atoms with Gasteiger partial charge in [-0.05, 0) is 18.6 Å². The second-order valence-electron chi connectivity index (χ2n) is 3.76. The van der Waals surface area contributed by atoms with E-state index in [9.17, 15) is 8.42 Å². The van der Waals surface area contributed by atoms with Gasteiger partial charge in [0.1, 0.15) is 10.6 Å². The summed E-state index contributed by atoms with van der Waals surface area (Å²) >= 11 is 0. The van der Waals surface area contributed by atoms with Crippen molar-refractivity contribution in [3.8, 4) is 11.5 Å².